The normalized spacial score (nSPS) is 10.5. The number of para-hydroxylation sites is 1. The number of esters is 1. The highest BCUT2D eigenvalue weighted by Gasteiger charge is 2.17. The Labute approximate surface area is 155 Å². The summed E-state index contributed by atoms with van der Waals surface area (Å²) >= 11 is 1.64. The van der Waals surface area contributed by atoms with Crippen molar-refractivity contribution >= 4 is 17.7 Å². The summed E-state index contributed by atoms with van der Waals surface area (Å²) in [6, 6.07) is 16.7. The fraction of sp³-hybridized carbons (Fsp3) is 0.211. The molecule has 0 saturated carbocycles. The number of benzene rings is 2. The van der Waals surface area contributed by atoms with Crippen molar-refractivity contribution in [2.45, 2.75) is 5.75 Å². The van der Waals surface area contributed by atoms with Gasteiger partial charge in [-0.05, 0) is 24.3 Å². The van der Waals surface area contributed by atoms with Crippen molar-refractivity contribution in [2.75, 3.05) is 19.5 Å². The molecule has 3 rings (SSSR count). The van der Waals surface area contributed by atoms with Crippen LogP contribution in [0, 0.1) is 0 Å². The van der Waals surface area contributed by atoms with E-state index in [1.165, 1.54) is 7.11 Å². The van der Waals surface area contributed by atoms with E-state index in [9.17, 15) is 4.79 Å². The van der Waals surface area contributed by atoms with Crippen LogP contribution in [0.5, 0.6) is 5.75 Å². The molecule has 0 N–H and O–H groups in total. The van der Waals surface area contributed by atoms with Crippen molar-refractivity contribution in [1.29, 1.82) is 0 Å². The Kier molecular flexibility index (Phi) is 6.27. The van der Waals surface area contributed by atoms with Gasteiger partial charge in [-0.3, -0.25) is 0 Å². The summed E-state index contributed by atoms with van der Waals surface area (Å²) in [5.74, 6) is 2.60. The molecule has 26 heavy (non-hydrogen) atoms. The minimum Gasteiger partial charge on any atom is -0.493 e. The van der Waals surface area contributed by atoms with E-state index in [0.717, 1.165) is 11.5 Å². The Morgan fingerprint density at radius 3 is 2.65 bits per heavy atom. The van der Waals surface area contributed by atoms with Crippen LogP contribution in [-0.2, 0) is 10.5 Å². The van der Waals surface area contributed by atoms with Crippen LogP contribution in [0.15, 0.2) is 59.0 Å². The number of hydrogen-bond donors (Lipinski definition) is 0. The zero-order valence-corrected chi connectivity index (χ0v) is 15.1. The topological polar surface area (TPSA) is 74.5 Å². The van der Waals surface area contributed by atoms with Gasteiger partial charge in [-0.1, -0.05) is 30.3 Å². The number of thioether (sulfide) groups is 1. The predicted molar refractivity (Wildman–Crippen MR) is 99.2 cm³/mol. The molecule has 1 heterocycles. The number of hydrogen-bond acceptors (Lipinski definition) is 7. The number of methoxy groups -OCH3 is 1. The van der Waals surface area contributed by atoms with Crippen LogP contribution in [0.2, 0.25) is 0 Å². The van der Waals surface area contributed by atoms with Gasteiger partial charge in [0.2, 0.25) is 11.8 Å². The number of carbonyl (C=O) groups excluding carboxylic acids is 1. The first kappa shape index (κ1) is 18.0. The second-order valence-electron chi connectivity index (χ2n) is 5.25. The van der Waals surface area contributed by atoms with Gasteiger partial charge in [-0.25, -0.2) is 4.79 Å². The first-order valence-corrected chi connectivity index (χ1v) is 9.19. The summed E-state index contributed by atoms with van der Waals surface area (Å²) in [6.45, 7) is 0.598. The van der Waals surface area contributed by atoms with E-state index in [0.29, 0.717) is 35.3 Å². The Balaban J connectivity index is 1.53. The summed E-state index contributed by atoms with van der Waals surface area (Å²) in [5.41, 5.74) is 0.963. The van der Waals surface area contributed by atoms with Gasteiger partial charge in [-0.2, -0.15) is 0 Å². The molecule has 2 aromatic carbocycles. The number of carbonyl (C=O) groups is 1. The first-order chi connectivity index (χ1) is 12.8. The van der Waals surface area contributed by atoms with E-state index in [1.54, 1.807) is 36.0 Å². The van der Waals surface area contributed by atoms with Crippen LogP contribution in [0.25, 0.3) is 11.5 Å². The largest absolute Gasteiger partial charge is 0.493 e. The fourth-order valence-electron chi connectivity index (χ4n) is 2.27. The molecule has 0 aliphatic carbocycles. The summed E-state index contributed by atoms with van der Waals surface area (Å²) in [6.07, 6.45) is 0. The smallest absolute Gasteiger partial charge is 0.338 e. The Morgan fingerprint density at radius 2 is 1.85 bits per heavy atom. The highest BCUT2D eigenvalue weighted by Crippen LogP contribution is 2.24. The fourth-order valence-corrected chi connectivity index (χ4v) is 2.91. The van der Waals surface area contributed by atoms with Gasteiger partial charge in [0.25, 0.3) is 0 Å². The van der Waals surface area contributed by atoms with E-state index < -0.39 is 5.97 Å². The van der Waals surface area contributed by atoms with Crippen LogP contribution in [-0.4, -0.2) is 35.6 Å². The Hall–Kier alpha value is -2.80. The summed E-state index contributed by atoms with van der Waals surface area (Å²) in [5, 5.41) is 8.09. The maximum atomic E-state index is 11.8. The molecule has 7 heteroatoms. The summed E-state index contributed by atoms with van der Waals surface area (Å²) in [7, 11) is 1.34. The van der Waals surface area contributed by atoms with Gasteiger partial charge < -0.3 is 13.9 Å². The highest BCUT2D eigenvalue weighted by molar-refractivity contribution is 7.98. The van der Waals surface area contributed by atoms with E-state index >= 15 is 0 Å². The van der Waals surface area contributed by atoms with E-state index in [-0.39, 0.29) is 0 Å². The third kappa shape index (κ3) is 4.64. The summed E-state index contributed by atoms with van der Waals surface area (Å²) < 4.78 is 16.1. The van der Waals surface area contributed by atoms with Gasteiger partial charge >= 0.3 is 5.97 Å². The number of nitrogens with zero attached hydrogens (tertiary/aromatic N) is 2. The summed E-state index contributed by atoms with van der Waals surface area (Å²) in [4.78, 5) is 11.8. The molecule has 0 fully saturated rings. The molecule has 0 saturated heterocycles. The molecule has 0 bridgehead atoms. The highest BCUT2D eigenvalue weighted by atomic mass is 32.2. The third-order valence-corrected chi connectivity index (χ3v) is 4.40. The van der Waals surface area contributed by atoms with Gasteiger partial charge in [0.1, 0.15) is 5.75 Å². The lowest BCUT2D eigenvalue weighted by Gasteiger charge is -2.04. The van der Waals surface area contributed by atoms with Gasteiger partial charge in [0.15, 0.2) is 0 Å². The second-order valence-corrected chi connectivity index (χ2v) is 6.36. The molecule has 0 amide bonds. The molecule has 0 aliphatic heterocycles. The lowest BCUT2D eigenvalue weighted by atomic mass is 10.1. The van der Waals surface area contributed by atoms with Gasteiger partial charge in [0, 0.05) is 5.75 Å². The Bertz CT molecular complexity index is 852. The molecule has 3 aromatic rings. The molecule has 0 aliphatic rings. The van der Waals surface area contributed by atoms with Crippen molar-refractivity contribution < 1.29 is 18.7 Å². The standard InChI is InChI=1S/C19H18N2O4S/c1-23-19(22)16-10-6-5-9-15(16)18-21-20-17(25-18)13-26-12-11-24-14-7-3-2-4-8-14/h2-10H,11-13H2,1H3. The van der Waals surface area contributed by atoms with Gasteiger partial charge in [0.05, 0.1) is 30.6 Å². The monoisotopic (exact) mass is 370 g/mol. The molecule has 0 unspecified atom stereocenters. The zero-order valence-electron chi connectivity index (χ0n) is 14.3. The number of ether oxygens (including phenoxy) is 2. The molecular weight excluding hydrogens is 352 g/mol. The minimum absolute atomic E-state index is 0.308. The zero-order chi connectivity index (χ0) is 18.2. The van der Waals surface area contributed by atoms with Gasteiger partial charge in [-0.15, -0.1) is 22.0 Å². The molecule has 0 spiro atoms. The Morgan fingerprint density at radius 1 is 1.08 bits per heavy atom. The second kappa shape index (κ2) is 9.05. The van der Waals surface area contributed by atoms with E-state index in [2.05, 4.69) is 10.2 Å². The molecular formula is C19H18N2O4S. The van der Waals surface area contributed by atoms with Crippen molar-refractivity contribution in [3.05, 3.63) is 66.1 Å². The molecule has 0 atom stereocenters. The minimum atomic E-state index is -0.437. The lowest BCUT2D eigenvalue weighted by Crippen LogP contribution is -2.03. The molecule has 1 aromatic heterocycles. The first-order valence-electron chi connectivity index (χ1n) is 8.03. The van der Waals surface area contributed by atoms with Crippen LogP contribution in [0.4, 0.5) is 0 Å². The molecule has 134 valence electrons. The number of rotatable bonds is 8. The quantitative estimate of drug-likeness (QED) is 0.440. The van der Waals surface area contributed by atoms with Crippen molar-refractivity contribution in [1.82, 2.24) is 10.2 Å². The predicted octanol–water partition coefficient (Wildman–Crippen LogP) is 3.84. The van der Waals surface area contributed by atoms with Crippen molar-refractivity contribution in [3.8, 4) is 17.2 Å². The maximum Gasteiger partial charge on any atom is 0.338 e. The maximum absolute atomic E-state index is 11.8. The van der Waals surface area contributed by atoms with Crippen LogP contribution < -0.4 is 4.74 Å². The van der Waals surface area contributed by atoms with Crippen LogP contribution >= 0.6 is 11.8 Å². The number of aromatic nitrogens is 2. The van der Waals surface area contributed by atoms with E-state index in [1.807, 2.05) is 30.3 Å². The molecule has 6 nitrogen and oxygen atoms in total. The van der Waals surface area contributed by atoms with Crippen LogP contribution in [0.1, 0.15) is 16.2 Å². The SMILES string of the molecule is COC(=O)c1ccccc1-c1nnc(CSCCOc2ccccc2)o1. The average molecular weight is 370 g/mol. The average Bonchev–Trinajstić information content (AvgIpc) is 3.17. The molecule has 0 radical (unpaired) electrons. The lowest BCUT2D eigenvalue weighted by molar-refractivity contribution is 0.0601. The van der Waals surface area contributed by atoms with Crippen molar-refractivity contribution in [2.24, 2.45) is 0 Å². The van der Waals surface area contributed by atoms with Crippen molar-refractivity contribution in [3.63, 3.8) is 0 Å². The van der Waals surface area contributed by atoms with Crippen LogP contribution in [0.3, 0.4) is 0 Å². The van der Waals surface area contributed by atoms with E-state index in [4.69, 9.17) is 13.9 Å². The third-order valence-electron chi connectivity index (χ3n) is 3.49.